The van der Waals surface area contributed by atoms with Crippen molar-refractivity contribution in [3.05, 3.63) is 68.7 Å². The molecule has 0 saturated carbocycles. The Kier molecular flexibility index (Phi) is 4.13. The van der Waals surface area contributed by atoms with Gasteiger partial charge in [0.25, 0.3) is 0 Å². The van der Waals surface area contributed by atoms with Gasteiger partial charge in [-0.15, -0.1) is 0 Å². The summed E-state index contributed by atoms with van der Waals surface area (Å²) in [4.78, 5) is 2.41. The van der Waals surface area contributed by atoms with Crippen molar-refractivity contribution in [2.75, 3.05) is 6.54 Å². The molecule has 104 valence electrons. The summed E-state index contributed by atoms with van der Waals surface area (Å²) in [5, 5.41) is 0.734. The summed E-state index contributed by atoms with van der Waals surface area (Å²) in [5.74, 6) is 0. The summed E-state index contributed by atoms with van der Waals surface area (Å²) in [6.07, 6.45) is 0. The van der Waals surface area contributed by atoms with Crippen LogP contribution in [0.1, 0.15) is 22.7 Å². The minimum Gasteiger partial charge on any atom is -0.329 e. The maximum Gasteiger partial charge on any atom is 0.0551 e. The van der Waals surface area contributed by atoms with E-state index in [0.717, 1.165) is 22.6 Å². The number of benzene rings is 2. The highest BCUT2D eigenvalue weighted by Crippen LogP contribution is 2.33. The molecule has 0 saturated heterocycles. The molecule has 3 rings (SSSR count). The molecule has 2 aromatic carbocycles. The number of nitrogens with two attached hydrogens (primary N) is 1. The zero-order valence-corrected chi connectivity index (χ0v) is 13.4. The Labute approximate surface area is 132 Å². The molecule has 0 bridgehead atoms. The van der Waals surface area contributed by atoms with Crippen LogP contribution in [0.25, 0.3) is 0 Å². The van der Waals surface area contributed by atoms with Gasteiger partial charge in [-0.3, -0.25) is 4.90 Å². The van der Waals surface area contributed by atoms with Crippen LogP contribution in [0.5, 0.6) is 0 Å². The van der Waals surface area contributed by atoms with Crippen LogP contribution in [-0.4, -0.2) is 11.4 Å². The molecular formula is C16H16BrClN2. The van der Waals surface area contributed by atoms with E-state index in [1.54, 1.807) is 0 Å². The van der Waals surface area contributed by atoms with Crippen molar-refractivity contribution in [3.8, 4) is 0 Å². The number of rotatable bonds is 3. The molecule has 1 aliphatic rings. The zero-order valence-electron chi connectivity index (χ0n) is 11.0. The van der Waals surface area contributed by atoms with Gasteiger partial charge in [0.1, 0.15) is 0 Å². The quantitative estimate of drug-likeness (QED) is 0.901. The maximum atomic E-state index is 6.20. The average molecular weight is 352 g/mol. The molecule has 0 radical (unpaired) electrons. The lowest BCUT2D eigenvalue weighted by atomic mass is 10.1. The van der Waals surface area contributed by atoms with Gasteiger partial charge in [-0.1, -0.05) is 41.9 Å². The molecule has 1 heterocycles. The lowest BCUT2D eigenvalue weighted by molar-refractivity contribution is 0.205. The third-order valence-corrected chi connectivity index (χ3v) is 5.09. The van der Waals surface area contributed by atoms with E-state index in [4.69, 9.17) is 17.3 Å². The first-order valence-electron chi connectivity index (χ1n) is 6.65. The molecule has 0 spiro atoms. The van der Waals surface area contributed by atoms with E-state index < -0.39 is 0 Å². The van der Waals surface area contributed by atoms with Crippen molar-refractivity contribution in [3.63, 3.8) is 0 Å². The van der Waals surface area contributed by atoms with E-state index in [1.807, 2.05) is 12.1 Å². The van der Waals surface area contributed by atoms with E-state index in [-0.39, 0.29) is 6.04 Å². The molecule has 0 aromatic heterocycles. The highest BCUT2D eigenvalue weighted by atomic mass is 79.9. The van der Waals surface area contributed by atoms with Crippen LogP contribution >= 0.6 is 27.5 Å². The number of hydrogen-bond acceptors (Lipinski definition) is 2. The Balaban J connectivity index is 1.87. The highest BCUT2D eigenvalue weighted by Gasteiger charge is 2.26. The molecule has 2 N–H and O–H groups in total. The Hall–Kier alpha value is -0.870. The van der Waals surface area contributed by atoms with Gasteiger partial charge in [0.15, 0.2) is 0 Å². The second kappa shape index (κ2) is 5.86. The van der Waals surface area contributed by atoms with Crippen LogP contribution in [-0.2, 0) is 13.1 Å². The standard InChI is InChI=1S/C16H16BrClN2/c17-14-6-5-11(7-15(14)18)16(8-19)20-9-12-3-1-2-4-13(12)10-20/h1-7,16H,8-10,19H2. The van der Waals surface area contributed by atoms with E-state index >= 15 is 0 Å². The lowest BCUT2D eigenvalue weighted by Gasteiger charge is -2.27. The lowest BCUT2D eigenvalue weighted by Crippen LogP contribution is -2.29. The Morgan fingerprint density at radius 1 is 1.15 bits per heavy atom. The fourth-order valence-corrected chi connectivity index (χ4v) is 3.23. The molecule has 20 heavy (non-hydrogen) atoms. The molecule has 0 fully saturated rings. The Morgan fingerprint density at radius 3 is 2.35 bits per heavy atom. The summed E-state index contributed by atoms with van der Waals surface area (Å²) in [7, 11) is 0. The molecule has 1 atom stereocenters. The van der Waals surface area contributed by atoms with Crippen molar-refractivity contribution < 1.29 is 0 Å². The van der Waals surface area contributed by atoms with Crippen molar-refractivity contribution in [1.82, 2.24) is 4.90 Å². The first-order chi connectivity index (χ1) is 9.69. The predicted molar refractivity (Wildman–Crippen MR) is 86.6 cm³/mol. The van der Waals surface area contributed by atoms with Gasteiger partial charge < -0.3 is 5.73 Å². The van der Waals surface area contributed by atoms with E-state index in [1.165, 1.54) is 16.7 Å². The second-order valence-electron chi connectivity index (χ2n) is 5.10. The van der Waals surface area contributed by atoms with Crippen molar-refractivity contribution in [2.45, 2.75) is 19.1 Å². The maximum absolute atomic E-state index is 6.20. The fraction of sp³-hybridized carbons (Fsp3) is 0.250. The number of fused-ring (bicyclic) bond motifs is 1. The zero-order chi connectivity index (χ0) is 14.1. The van der Waals surface area contributed by atoms with Gasteiger partial charge in [0, 0.05) is 30.1 Å². The van der Waals surface area contributed by atoms with E-state index in [9.17, 15) is 0 Å². The van der Waals surface area contributed by atoms with Crippen LogP contribution in [0.15, 0.2) is 46.9 Å². The normalized spacial score (nSPS) is 16.1. The first-order valence-corrected chi connectivity index (χ1v) is 7.82. The van der Waals surface area contributed by atoms with Crippen molar-refractivity contribution in [1.29, 1.82) is 0 Å². The largest absolute Gasteiger partial charge is 0.329 e. The third kappa shape index (κ3) is 2.63. The predicted octanol–water partition coefficient (Wildman–Crippen LogP) is 4.12. The van der Waals surface area contributed by atoms with Crippen molar-refractivity contribution >= 4 is 27.5 Å². The fourth-order valence-electron chi connectivity index (χ4n) is 2.80. The van der Waals surface area contributed by atoms with Crippen LogP contribution in [0.3, 0.4) is 0 Å². The minimum absolute atomic E-state index is 0.202. The summed E-state index contributed by atoms with van der Waals surface area (Å²) in [5.41, 5.74) is 9.98. The number of nitrogens with zero attached hydrogens (tertiary/aromatic N) is 1. The molecule has 0 amide bonds. The molecule has 1 aliphatic heterocycles. The molecule has 1 unspecified atom stereocenters. The topological polar surface area (TPSA) is 29.3 Å². The number of halogens is 2. The highest BCUT2D eigenvalue weighted by molar-refractivity contribution is 9.10. The van der Waals surface area contributed by atoms with Gasteiger partial charge in [-0.25, -0.2) is 0 Å². The summed E-state index contributed by atoms with van der Waals surface area (Å²) in [6, 6.07) is 14.9. The SMILES string of the molecule is NCC(c1ccc(Br)c(Cl)c1)N1Cc2ccccc2C1. The van der Waals surface area contributed by atoms with Gasteiger partial charge in [-0.05, 0) is 44.8 Å². The molecule has 4 heteroatoms. The third-order valence-electron chi connectivity index (χ3n) is 3.86. The van der Waals surface area contributed by atoms with Crippen molar-refractivity contribution in [2.24, 2.45) is 5.73 Å². The molecule has 2 aromatic rings. The monoisotopic (exact) mass is 350 g/mol. The Bertz CT molecular complexity index is 605. The van der Waals surface area contributed by atoms with Crippen LogP contribution in [0.4, 0.5) is 0 Å². The van der Waals surface area contributed by atoms with Gasteiger partial charge >= 0.3 is 0 Å². The van der Waals surface area contributed by atoms with Gasteiger partial charge in [0.2, 0.25) is 0 Å². The van der Waals surface area contributed by atoms with Crippen LogP contribution in [0.2, 0.25) is 5.02 Å². The van der Waals surface area contributed by atoms with Crippen LogP contribution in [0, 0.1) is 0 Å². The summed E-state index contributed by atoms with van der Waals surface area (Å²) >= 11 is 9.63. The molecule has 2 nitrogen and oxygen atoms in total. The minimum atomic E-state index is 0.202. The van der Waals surface area contributed by atoms with Gasteiger partial charge in [-0.2, -0.15) is 0 Å². The Morgan fingerprint density at radius 2 is 1.80 bits per heavy atom. The van der Waals surface area contributed by atoms with E-state index in [2.05, 4.69) is 51.2 Å². The molecule has 0 aliphatic carbocycles. The van der Waals surface area contributed by atoms with Crippen LogP contribution < -0.4 is 5.73 Å². The van der Waals surface area contributed by atoms with Gasteiger partial charge in [0.05, 0.1) is 5.02 Å². The molecular weight excluding hydrogens is 336 g/mol. The number of hydrogen-bond donors (Lipinski definition) is 1. The first kappa shape index (κ1) is 14.1. The smallest absolute Gasteiger partial charge is 0.0551 e. The summed E-state index contributed by atoms with van der Waals surface area (Å²) in [6.45, 7) is 2.49. The van der Waals surface area contributed by atoms with E-state index in [0.29, 0.717) is 6.54 Å². The second-order valence-corrected chi connectivity index (χ2v) is 6.36. The average Bonchev–Trinajstić information content (AvgIpc) is 2.87. The summed E-state index contributed by atoms with van der Waals surface area (Å²) < 4.78 is 0.920.